The zero-order chi connectivity index (χ0) is 22.9. The molecule has 1 fully saturated rings. The monoisotopic (exact) mass is 469 g/mol. The van der Waals surface area contributed by atoms with Crippen LogP contribution in [0.4, 0.5) is 30.2 Å². The molecule has 2 N–H and O–H groups in total. The molecule has 172 valence electrons. The molecule has 0 aromatic heterocycles. The Kier molecular flexibility index (Phi) is 5.93. The van der Waals surface area contributed by atoms with E-state index in [1.165, 1.54) is 24.3 Å². The van der Waals surface area contributed by atoms with Gasteiger partial charge in [-0.3, -0.25) is 9.52 Å². The predicted molar refractivity (Wildman–Crippen MR) is 114 cm³/mol. The third-order valence-corrected chi connectivity index (χ3v) is 6.77. The minimum Gasteiger partial charge on any atom is -0.482 e. The van der Waals surface area contributed by atoms with Crippen molar-refractivity contribution < 1.29 is 31.1 Å². The fraction of sp³-hybridized carbons (Fsp3) is 0.381. The summed E-state index contributed by atoms with van der Waals surface area (Å²) in [6, 6.07) is 6.98. The van der Waals surface area contributed by atoms with Gasteiger partial charge in [-0.2, -0.15) is 13.2 Å². The molecule has 0 radical (unpaired) electrons. The number of benzene rings is 2. The summed E-state index contributed by atoms with van der Waals surface area (Å²) in [4.78, 5) is 13.2. The minimum atomic E-state index is -4.62. The van der Waals surface area contributed by atoms with E-state index in [4.69, 9.17) is 4.74 Å². The van der Waals surface area contributed by atoms with Crippen molar-refractivity contribution in [3.05, 3.63) is 42.0 Å². The van der Waals surface area contributed by atoms with Crippen molar-refractivity contribution in [1.82, 2.24) is 0 Å². The first-order valence-corrected chi connectivity index (χ1v) is 11.7. The van der Waals surface area contributed by atoms with E-state index < -0.39 is 27.7 Å². The summed E-state index contributed by atoms with van der Waals surface area (Å²) >= 11 is 0. The van der Waals surface area contributed by atoms with Crippen LogP contribution in [0.2, 0.25) is 0 Å². The maximum atomic E-state index is 13.3. The Labute approximate surface area is 183 Å². The van der Waals surface area contributed by atoms with Gasteiger partial charge >= 0.3 is 6.18 Å². The first-order valence-electron chi connectivity index (χ1n) is 10.2. The summed E-state index contributed by atoms with van der Waals surface area (Å²) in [5.74, 6) is -0.116. The lowest BCUT2D eigenvalue weighted by molar-refractivity contribution is -0.137. The van der Waals surface area contributed by atoms with Crippen LogP contribution in [-0.4, -0.2) is 34.0 Å². The highest BCUT2D eigenvalue weighted by Crippen LogP contribution is 2.38. The van der Waals surface area contributed by atoms with Gasteiger partial charge in [-0.25, -0.2) is 8.42 Å². The van der Waals surface area contributed by atoms with E-state index in [1.807, 2.05) is 4.90 Å². The standard InChI is InChI=1S/C21H22F3N3O4S/c22-21(23,24)14-5-7-18(27-9-3-1-2-4-10-27)16(11-14)26-32(29,30)15-6-8-19-17(12-15)25-20(28)13-31-19/h5-8,11-12,26H,1-4,9-10,13H2,(H,25,28). The number of nitrogens with zero attached hydrogens (tertiary/aromatic N) is 1. The highest BCUT2D eigenvalue weighted by atomic mass is 32.2. The van der Waals surface area contributed by atoms with E-state index in [2.05, 4.69) is 10.0 Å². The number of anilines is 3. The van der Waals surface area contributed by atoms with Crippen molar-refractivity contribution in [2.24, 2.45) is 0 Å². The number of carbonyl (C=O) groups is 1. The number of carbonyl (C=O) groups excluding carboxylic acids is 1. The molecule has 32 heavy (non-hydrogen) atoms. The van der Waals surface area contributed by atoms with Gasteiger partial charge in [0.15, 0.2) is 6.61 Å². The minimum absolute atomic E-state index is 0.139. The van der Waals surface area contributed by atoms with Crippen LogP contribution in [0.25, 0.3) is 0 Å². The first-order chi connectivity index (χ1) is 15.1. The molecule has 0 unspecified atom stereocenters. The molecule has 0 atom stereocenters. The van der Waals surface area contributed by atoms with Gasteiger partial charge in [-0.05, 0) is 49.2 Å². The van der Waals surface area contributed by atoms with Crippen LogP contribution in [0, 0.1) is 0 Å². The Balaban J connectivity index is 1.71. The molecule has 2 aliphatic heterocycles. The van der Waals surface area contributed by atoms with Gasteiger partial charge < -0.3 is 15.0 Å². The first kappa shape index (κ1) is 22.3. The summed E-state index contributed by atoms with van der Waals surface area (Å²) in [5.41, 5.74) is -0.501. The van der Waals surface area contributed by atoms with Crippen molar-refractivity contribution >= 4 is 33.0 Å². The Morgan fingerprint density at radius 1 is 1.00 bits per heavy atom. The number of alkyl halides is 3. The van der Waals surface area contributed by atoms with E-state index in [0.717, 1.165) is 37.8 Å². The average molecular weight is 469 g/mol. The second-order valence-electron chi connectivity index (χ2n) is 7.73. The molecule has 11 heteroatoms. The van der Waals surface area contributed by atoms with Crippen molar-refractivity contribution in [3.8, 4) is 5.75 Å². The smallest absolute Gasteiger partial charge is 0.416 e. The second kappa shape index (κ2) is 8.53. The van der Waals surface area contributed by atoms with E-state index in [9.17, 15) is 26.4 Å². The molecule has 4 rings (SSSR count). The molecule has 1 amide bonds. The molecule has 0 saturated carbocycles. The van der Waals surface area contributed by atoms with Crippen molar-refractivity contribution in [3.63, 3.8) is 0 Å². The van der Waals surface area contributed by atoms with E-state index in [1.54, 1.807) is 0 Å². The maximum absolute atomic E-state index is 13.3. The van der Waals surface area contributed by atoms with Crippen LogP contribution in [0.3, 0.4) is 0 Å². The number of halogens is 3. The third kappa shape index (κ3) is 4.77. The van der Waals surface area contributed by atoms with Crippen molar-refractivity contribution in [2.45, 2.75) is 36.8 Å². The second-order valence-corrected chi connectivity index (χ2v) is 9.41. The fourth-order valence-corrected chi connectivity index (χ4v) is 4.91. The van der Waals surface area contributed by atoms with Gasteiger partial charge in [-0.1, -0.05) is 12.8 Å². The van der Waals surface area contributed by atoms with Crippen LogP contribution < -0.4 is 19.7 Å². The molecule has 0 aliphatic carbocycles. The number of sulfonamides is 1. The lowest BCUT2D eigenvalue weighted by Gasteiger charge is -2.26. The molecular weight excluding hydrogens is 447 g/mol. The summed E-state index contributed by atoms with van der Waals surface area (Å²) in [6.07, 6.45) is -0.845. The Hall–Kier alpha value is -2.95. The Morgan fingerprint density at radius 2 is 1.72 bits per heavy atom. The quantitative estimate of drug-likeness (QED) is 0.700. The van der Waals surface area contributed by atoms with Crippen LogP contribution >= 0.6 is 0 Å². The van der Waals surface area contributed by atoms with Crippen molar-refractivity contribution in [2.75, 3.05) is 34.6 Å². The number of hydrogen-bond donors (Lipinski definition) is 2. The molecule has 0 bridgehead atoms. The van der Waals surface area contributed by atoms with Gasteiger partial charge in [0.05, 0.1) is 27.5 Å². The van der Waals surface area contributed by atoms with Crippen LogP contribution in [0.5, 0.6) is 5.75 Å². The molecule has 2 aliphatic rings. The Bertz CT molecular complexity index is 1130. The van der Waals surface area contributed by atoms with E-state index in [0.29, 0.717) is 24.5 Å². The average Bonchev–Trinajstić information content (AvgIpc) is 3.01. The lowest BCUT2D eigenvalue weighted by atomic mass is 10.1. The topological polar surface area (TPSA) is 87.7 Å². The zero-order valence-corrected chi connectivity index (χ0v) is 17.9. The molecule has 0 spiro atoms. The largest absolute Gasteiger partial charge is 0.482 e. The molecular formula is C21H22F3N3O4S. The number of rotatable bonds is 4. The fourth-order valence-electron chi connectivity index (χ4n) is 3.81. The summed E-state index contributed by atoms with van der Waals surface area (Å²) in [5, 5.41) is 2.52. The number of nitrogens with one attached hydrogen (secondary N) is 2. The van der Waals surface area contributed by atoms with Gasteiger partial charge in [0, 0.05) is 13.1 Å². The van der Waals surface area contributed by atoms with Crippen LogP contribution in [0.15, 0.2) is 41.3 Å². The summed E-state index contributed by atoms with van der Waals surface area (Å²) in [6.45, 7) is 1.07. The van der Waals surface area contributed by atoms with Gasteiger partial charge in [0.25, 0.3) is 15.9 Å². The number of amides is 1. The zero-order valence-electron chi connectivity index (χ0n) is 17.0. The number of fused-ring (bicyclic) bond motifs is 1. The molecule has 1 saturated heterocycles. The number of ether oxygens (including phenoxy) is 1. The summed E-state index contributed by atoms with van der Waals surface area (Å²) in [7, 11) is -4.25. The molecule has 2 aromatic carbocycles. The highest BCUT2D eigenvalue weighted by molar-refractivity contribution is 7.92. The molecule has 7 nitrogen and oxygen atoms in total. The molecule has 2 heterocycles. The van der Waals surface area contributed by atoms with Crippen molar-refractivity contribution in [1.29, 1.82) is 0 Å². The highest BCUT2D eigenvalue weighted by Gasteiger charge is 2.32. The van der Waals surface area contributed by atoms with E-state index >= 15 is 0 Å². The normalized spacial score (nSPS) is 17.1. The third-order valence-electron chi connectivity index (χ3n) is 5.41. The van der Waals surface area contributed by atoms with Crippen LogP contribution in [0.1, 0.15) is 31.2 Å². The van der Waals surface area contributed by atoms with E-state index in [-0.39, 0.29) is 22.9 Å². The van der Waals surface area contributed by atoms with Gasteiger partial charge in [0.1, 0.15) is 5.75 Å². The lowest BCUT2D eigenvalue weighted by Crippen LogP contribution is -2.27. The SMILES string of the molecule is O=C1COc2ccc(S(=O)(=O)Nc3cc(C(F)(F)F)ccc3N3CCCCCC3)cc2N1. The number of hydrogen-bond acceptors (Lipinski definition) is 5. The Morgan fingerprint density at radius 3 is 2.41 bits per heavy atom. The predicted octanol–water partition coefficient (Wildman–Crippen LogP) is 4.22. The van der Waals surface area contributed by atoms with Gasteiger partial charge in [0.2, 0.25) is 0 Å². The van der Waals surface area contributed by atoms with Crippen LogP contribution in [-0.2, 0) is 21.0 Å². The van der Waals surface area contributed by atoms with Gasteiger partial charge in [-0.15, -0.1) is 0 Å². The summed E-state index contributed by atoms with van der Waals surface area (Å²) < 4.78 is 73.7. The maximum Gasteiger partial charge on any atom is 0.416 e. The molecule has 2 aromatic rings.